The van der Waals surface area contributed by atoms with Crippen molar-refractivity contribution >= 4 is 29.0 Å². The quantitative estimate of drug-likeness (QED) is 0.786. The zero-order chi connectivity index (χ0) is 18.4. The lowest BCUT2D eigenvalue weighted by Crippen LogP contribution is -2.32. The molecular weight excluding hydrogens is 336 g/mol. The molecule has 2 rings (SSSR count). The number of halogens is 1. The van der Waals surface area contributed by atoms with Gasteiger partial charge >= 0.3 is 0 Å². The highest BCUT2D eigenvalue weighted by atomic mass is 35.5. The van der Waals surface area contributed by atoms with Crippen LogP contribution in [0.5, 0.6) is 0 Å². The van der Waals surface area contributed by atoms with Gasteiger partial charge in [-0.05, 0) is 49.8 Å². The number of likely N-dealkylation sites (N-methyl/N-ethyl adjacent to an activating group) is 1. The fraction of sp³-hybridized carbons (Fsp3) is 0.368. The van der Waals surface area contributed by atoms with Crippen molar-refractivity contribution in [3.05, 3.63) is 52.7 Å². The van der Waals surface area contributed by atoms with Crippen molar-refractivity contribution in [1.82, 2.24) is 15.2 Å². The lowest BCUT2D eigenvalue weighted by atomic mass is 9.98. The van der Waals surface area contributed by atoms with Crippen molar-refractivity contribution in [3.8, 4) is 0 Å². The number of nitrogens with one attached hydrogen (secondary N) is 2. The summed E-state index contributed by atoms with van der Waals surface area (Å²) in [7, 11) is 3.95. The first-order valence-corrected chi connectivity index (χ1v) is 8.70. The maximum atomic E-state index is 12.5. The third kappa shape index (κ3) is 5.73. The molecule has 0 radical (unpaired) electrons. The first-order valence-electron chi connectivity index (χ1n) is 8.32. The number of benzene rings is 1. The van der Waals surface area contributed by atoms with Gasteiger partial charge in [-0.2, -0.15) is 0 Å². The predicted octanol–water partition coefficient (Wildman–Crippen LogP) is 3.89. The number of nitrogens with zero attached hydrogens (tertiary/aromatic N) is 2. The van der Waals surface area contributed by atoms with E-state index in [0.717, 1.165) is 17.8 Å². The Labute approximate surface area is 154 Å². The van der Waals surface area contributed by atoms with Crippen molar-refractivity contribution in [2.24, 2.45) is 0 Å². The van der Waals surface area contributed by atoms with Gasteiger partial charge in [0.05, 0.1) is 5.56 Å². The van der Waals surface area contributed by atoms with Crippen molar-refractivity contribution in [3.63, 3.8) is 0 Å². The van der Waals surface area contributed by atoms with Gasteiger partial charge in [-0.1, -0.05) is 31.5 Å². The molecule has 0 aliphatic heterocycles. The molecule has 2 N–H and O–H groups in total. The van der Waals surface area contributed by atoms with Crippen LogP contribution in [-0.2, 0) is 0 Å². The second-order valence-corrected chi connectivity index (χ2v) is 6.94. The standard InChI is InChI=1S/C19H25ClN4O/c1-13(2)16-11-18(23-15-7-5-6-14(20)10-15)22-12-17(16)19(25)21-8-9-24(3)4/h5-7,10-13H,8-9H2,1-4H3,(H,21,25)(H,22,23). The van der Waals surface area contributed by atoms with Gasteiger partial charge in [0, 0.05) is 30.0 Å². The van der Waals surface area contributed by atoms with E-state index in [1.54, 1.807) is 6.20 Å². The molecule has 134 valence electrons. The maximum absolute atomic E-state index is 12.5. The van der Waals surface area contributed by atoms with Crippen molar-refractivity contribution in [2.75, 3.05) is 32.5 Å². The van der Waals surface area contributed by atoms with Gasteiger partial charge < -0.3 is 15.5 Å². The van der Waals surface area contributed by atoms with Crippen molar-refractivity contribution in [2.45, 2.75) is 19.8 Å². The van der Waals surface area contributed by atoms with Gasteiger partial charge in [-0.15, -0.1) is 0 Å². The van der Waals surface area contributed by atoms with Crippen LogP contribution in [0, 0.1) is 0 Å². The molecular formula is C19H25ClN4O. The minimum atomic E-state index is -0.0904. The van der Waals surface area contributed by atoms with Gasteiger partial charge in [0.25, 0.3) is 5.91 Å². The average Bonchev–Trinajstić information content (AvgIpc) is 2.54. The molecule has 2 aromatic rings. The van der Waals surface area contributed by atoms with Gasteiger partial charge in [0.1, 0.15) is 5.82 Å². The van der Waals surface area contributed by atoms with Crippen LogP contribution in [0.15, 0.2) is 36.5 Å². The molecule has 0 saturated carbocycles. The molecule has 5 nitrogen and oxygen atoms in total. The third-order valence-electron chi connectivity index (χ3n) is 3.74. The van der Waals surface area contributed by atoms with Crippen molar-refractivity contribution < 1.29 is 4.79 Å². The zero-order valence-electron chi connectivity index (χ0n) is 15.1. The number of amides is 1. The molecule has 0 atom stereocenters. The Kier molecular flexibility index (Phi) is 6.79. The molecule has 0 aliphatic rings. The molecule has 0 bridgehead atoms. The Bertz CT molecular complexity index is 731. The topological polar surface area (TPSA) is 57.3 Å². The first kappa shape index (κ1) is 19.2. The van der Waals surface area contributed by atoms with E-state index >= 15 is 0 Å². The van der Waals surface area contributed by atoms with Crippen LogP contribution in [0.1, 0.15) is 35.7 Å². The van der Waals surface area contributed by atoms with Crippen LogP contribution >= 0.6 is 11.6 Å². The maximum Gasteiger partial charge on any atom is 0.253 e. The Balaban J connectivity index is 2.18. The van der Waals surface area contributed by atoms with Gasteiger partial charge in [-0.3, -0.25) is 4.79 Å². The molecule has 1 amide bonds. The van der Waals surface area contributed by atoms with Crippen LogP contribution in [0.3, 0.4) is 0 Å². The molecule has 0 unspecified atom stereocenters. The molecule has 6 heteroatoms. The number of hydrogen-bond donors (Lipinski definition) is 2. The summed E-state index contributed by atoms with van der Waals surface area (Å²) in [4.78, 5) is 18.9. The molecule has 0 spiro atoms. The average molecular weight is 361 g/mol. The predicted molar refractivity (Wildman–Crippen MR) is 104 cm³/mol. The first-order chi connectivity index (χ1) is 11.9. The zero-order valence-corrected chi connectivity index (χ0v) is 15.9. The number of aromatic nitrogens is 1. The molecule has 0 fully saturated rings. The van der Waals surface area contributed by atoms with E-state index < -0.39 is 0 Å². The normalized spacial score (nSPS) is 11.0. The van der Waals surface area contributed by atoms with Gasteiger partial charge in [-0.25, -0.2) is 4.98 Å². The fourth-order valence-corrected chi connectivity index (χ4v) is 2.60. The smallest absolute Gasteiger partial charge is 0.253 e. The van der Waals surface area contributed by atoms with Crippen LogP contribution < -0.4 is 10.6 Å². The van der Waals surface area contributed by atoms with Crippen LogP contribution in [0.25, 0.3) is 0 Å². The van der Waals surface area contributed by atoms with Gasteiger partial charge in [0.2, 0.25) is 0 Å². The van der Waals surface area contributed by atoms with Crippen LogP contribution in [0.2, 0.25) is 5.02 Å². The van der Waals surface area contributed by atoms with E-state index in [4.69, 9.17) is 11.6 Å². The van der Waals surface area contributed by atoms with Crippen molar-refractivity contribution in [1.29, 1.82) is 0 Å². The molecule has 1 aromatic heterocycles. The van der Waals surface area contributed by atoms with Crippen LogP contribution in [0.4, 0.5) is 11.5 Å². The largest absolute Gasteiger partial charge is 0.351 e. The summed E-state index contributed by atoms with van der Waals surface area (Å²) in [6.45, 7) is 5.53. The molecule has 25 heavy (non-hydrogen) atoms. The van der Waals surface area contributed by atoms with E-state index in [0.29, 0.717) is 22.9 Å². The van der Waals surface area contributed by atoms with E-state index in [9.17, 15) is 4.79 Å². The van der Waals surface area contributed by atoms with E-state index in [2.05, 4.69) is 29.5 Å². The Morgan fingerprint density at radius 2 is 2.04 bits per heavy atom. The summed E-state index contributed by atoms with van der Waals surface area (Å²) in [5.74, 6) is 0.806. The highest BCUT2D eigenvalue weighted by molar-refractivity contribution is 6.30. The molecule has 1 heterocycles. The Morgan fingerprint density at radius 3 is 2.68 bits per heavy atom. The lowest BCUT2D eigenvalue weighted by molar-refractivity contribution is 0.0949. The Hall–Kier alpha value is -2.11. The molecule has 0 saturated heterocycles. The van der Waals surface area contributed by atoms with Gasteiger partial charge in [0.15, 0.2) is 0 Å². The lowest BCUT2D eigenvalue weighted by Gasteiger charge is -2.16. The summed E-state index contributed by atoms with van der Waals surface area (Å²) < 4.78 is 0. The van der Waals surface area contributed by atoms with E-state index in [-0.39, 0.29) is 11.8 Å². The molecule has 0 aliphatic carbocycles. The number of carbonyl (C=O) groups excluding carboxylic acids is 1. The Morgan fingerprint density at radius 1 is 1.28 bits per heavy atom. The number of carbonyl (C=O) groups is 1. The highest BCUT2D eigenvalue weighted by Gasteiger charge is 2.15. The summed E-state index contributed by atoms with van der Waals surface area (Å²) in [6.07, 6.45) is 1.63. The number of anilines is 2. The summed E-state index contributed by atoms with van der Waals surface area (Å²) in [6, 6.07) is 9.37. The highest BCUT2D eigenvalue weighted by Crippen LogP contribution is 2.24. The van der Waals surface area contributed by atoms with Crippen LogP contribution in [-0.4, -0.2) is 43.0 Å². The second kappa shape index (κ2) is 8.83. The number of rotatable bonds is 7. The third-order valence-corrected chi connectivity index (χ3v) is 3.98. The second-order valence-electron chi connectivity index (χ2n) is 6.51. The fourth-order valence-electron chi connectivity index (χ4n) is 2.41. The molecule has 1 aromatic carbocycles. The van der Waals surface area contributed by atoms with E-state index in [1.807, 2.05) is 49.3 Å². The summed E-state index contributed by atoms with van der Waals surface area (Å²) in [5, 5.41) is 6.83. The SMILES string of the molecule is CC(C)c1cc(Nc2cccc(Cl)c2)ncc1C(=O)NCCN(C)C. The summed E-state index contributed by atoms with van der Waals surface area (Å²) >= 11 is 6.01. The minimum Gasteiger partial charge on any atom is -0.351 e. The number of hydrogen-bond acceptors (Lipinski definition) is 4. The summed E-state index contributed by atoms with van der Waals surface area (Å²) in [5.41, 5.74) is 2.44. The van der Waals surface area contributed by atoms with E-state index in [1.165, 1.54) is 0 Å². The minimum absolute atomic E-state index is 0.0904. The monoisotopic (exact) mass is 360 g/mol. The number of pyridine rings is 1.